The summed E-state index contributed by atoms with van der Waals surface area (Å²) in [4.78, 5) is 0. The van der Waals surface area contributed by atoms with Gasteiger partial charge in [0.1, 0.15) is 72.9 Å². The predicted octanol–water partition coefficient (Wildman–Crippen LogP) is 31.3. The zero-order chi connectivity index (χ0) is 95.8. The van der Waals surface area contributed by atoms with Gasteiger partial charge in [0.15, 0.2) is 24.8 Å². The van der Waals surface area contributed by atoms with Crippen LogP contribution in [-0.4, -0.2) is 0 Å². The minimum atomic E-state index is -2.36. The molecule has 132 heavy (non-hydrogen) atoms. The second-order valence-electron chi connectivity index (χ2n) is 35.8. The zero-order valence-electron chi connectivity index (χ0n) is 82.8. The second-order valence-corrected chi connectivity index (χ2v) is 35.8. The van der Waals surface area contributed by atoms with Gasteiger partial charge in [0.25, 0.3) is 0 Å². The molecule has 0 amide bonds. The first-order valence-electron chi connectivity index (χ1n) is 48.2. The number of hydrogen-bond acceptors (Lipinski definition) is 4. The molecule has 0 aliphatic heterocycles. The molecule has 8 nitrogen and oxygen atoms in total. The summed E-state index contributed by atoms with van der Waals surface area (Å²) in [6.07, 6.45) is 8.23. The third-order valence-corrected chi connectivity index (χ3v) is 27.1. The molecule has 24 aromatic rings. The van der Waals surface area contributed by atoms with Gasteiger partial charge in [-0.2, -0.15) is 0 Å². The van der Waals surface area contributed by atoms with Crippen molar-refractivity contribution < 1.29 is 44.2 Å². The summed E-state index contributed by atoms with van der Waals surface area (Å²) in [6.45, 7) is 16.8. The van der Waals surface area contributed by atoms with Gasteiger partial charge >= 0.3 is 0 Å². The van der Waals surface area contributed by atoms with Crippen LogP contribution in [0.3, 0.4) is 0 Å². The summed E-state index contributed by atoms with van der Waals surface area (Å²) in [7, 11) is 8.16. The Kier molecular flexibility index (Phi) is 19.4. The lowest BCUT2D eigenvalue weighted by molar-refractivity contribution is -0.660. The van der Waals surface area contributed by atoms with E-state index in [1.54, 1.807) is 23.9 Å². The number of benzene rings is 16. The Morgan fingerprint density at radius 1 is 0.205 bits per heavy atom. The van der Waals surface area contributed by atoms with E-state index in [0.717, 1.165) is 100 Å². The van der Waals surface area contributed by atoms with Crippen molar-refractivity contribution in [1.29, 1.82) is 0 Å². The summed E-state index contributed by atoms with van der Waals surface area (Å²) >= 11 is 0. The van der Waals surface area contributed by atoms with E-state index in [9.17, 15) is 0 Å². The van der Waals surface area contributed by atoms with E-state index in [1.165, 1.54) is 154 Å². The van der Waals surface area contributed by atoms with Crippen LogP contribution >= 0.6 is 0 Å². The molecule has 0 aliphatic carbocycles. The second kappa shape index (κ2) is 33.5. The molecule has 0 bridgehead atoms. The first-order valence-corrected chi connectivity index (χ1v) is 45.2. The SMILES string of the molecule is Cc1c[n+](C)c(-c2c(C)cc(C)c3c2oc2cc(C)c4ccccc4c23)cc1-c1ccccc1.Cc1c[n+](C)c(-c2c(C)ccc3c2oc2cc(C)c4ccccc4c23)cc1-c1ccccc1.Cc1ccc2c(oc3cc(C)c4ccccc4c32)c1-c1cc(-c2ccccc2)cc[n+]1C.[2H]C([2H])([2H])c1c[n+](C)c(-c2c(C)cc(C([2H])([2H])[2H])c3c2oc2ccc4ccccc4c23)cc1-c1ccccc1. The first-order chi connectivity index (χ1) is 66.5. The highest BCUT2D eigenvalue weighted by atomic mass is 16.3. The van der Waals surface area contributed by atoms with Crippen LogP contribution in [0.2, 0.25) is 0 Å². The minimum absolute atomic E-state index is 0.235. The van der Waals surface area contributed by atoms with E-state index >= 15 is 0 Å². The van der Waals surface area contributed by atoms with Gasteiger partial charge in [-0.15, -0.1) is 0 Å². The number of furan rings is 4. The van der Waals surface area contributed by atoms with Crippen molar-refractivity contribution in [1.82, 2.24) is 0 Å². The van der Waals surface area contributed by atoms with Gasteiger partial charge in [-0.1, -0.05) is 261 Å². The Balaban J connectivity index is 0.000000110. The molecule has 0 N–H and O–H groups in total. The summed E-state index contributed by atoms with van der Waals surface area (Å²) in [5.41, 5.74) is 36.3. The summed E-state index contributed by atoms with van der Waals surface area (Å²) in [5, 5.41) is 18.0. The molecule has 0 radical (unpaired) electrons. The summed E-state index contributed by atoms with van der Waals surface area (Å²) in [5.74, 6) is 0. The number of aromatic nitrogens is 4. The van der Waals surface area contributed by atoms with Crippen LogP contribution in [0.4, 0.5) is 0 Å². The predicted molar refractivity (Wildman–Crippen MR) is 550 cm³/mol. The van der Waals surface area contributed by atoms with E-state index in [2.05, 4.69) is 352 Å². The number of fused-ring (bicyclic) bond motifs is 20. The lowest BCUT2D eigenvalue weighted by Crippen LogP contribution is -2.31. The van der Waals surface area contributed by atoms with Gasteiger partial charge in [-0.3, -0.25) is 0 Å². The molecule has 0 aliphatic rings. The average molecular weight is 1720 g/mol. The van der Waals surface area contributed by atoms with Crippen molar-refractivity contribution in [2.75, 3.05) is 0 Å². The molecular weight excluding hydrogens is 1610 g/mol. The van der Waals surface area contributed by atoms with E-state index in [1.807, 2.05) is 79.7 Å². The highest BCUT2D eigenvalue weighted by Crippen LogP contribution is 2.49. The van der Waals surface area contributed by atoms with Crippen molar-refractivity contribution in [3.63, 3.8) is 0 Å². The Morgan fingerprint density at radius 3 is 1.00 bits per heavy atom. The molecule has 24 rings (SSSR count). The van der Waals surface area contributed by atoms with Crippen LogP contribution in [0.1, 0.15) is 75.0 Å². The third kappa shape index (κ3) is 14.3. The Morgan fingerprint density at radius 2 is 0.545 bits per heavy atom. The lowest BCUT2D eigenvalue weighted by Gasteiger charge is -2.11. The quantitative estimate of drug-likeness (QED) is 0.142. The maximum absolute atomic E-state index is 8.36. The van der Waals surface area contributed by atoms with E-state index < -0.39 is 13.7 Å². The van der Waals surface area contributed by atoms with Gasteiger partial charge in [0.05, 0.1) is 22.3 Å². The first kappa shape index (κ1) is 76.4. The number of hydrogen-bond donors (Lipinski definition) is 0. The lowest BCUT2D eigenvalue weighted by atomic mass is 9.93. The summed E-state index contributed by atoms with van der Waals surface area (Å²) < 4.78 is 84.5. The fraction of sp³-hybridized carbons (Fsp3) is 0.129. The molecule has 0 fully saturated rings. The standard InChI is InChI=1S/C32H28NO.2C31H26NO.C30H24NO/c1-19-16-28-31(25-14-10-9-13-24(19)25)30-21(3)15-20(2)29(32(30)34-28)27-17-26(22(4)18-33(27)5)23-11-7-6-8-12-23;1-19-16-20(2)29-30-24-13-9-8-12-23(24)14-15-27(30)33-31(29)28(19)26-17-25(21(3)18-32(26)4)22-10-6-5-7-11-22;1-19-14-15-25-30-24-13-9-8-12-23(24)20(2)16-28(30)33-31(25)29(19)27-17-26(21(3)18-32(27)4)22-10-6-5-7-11-22;1-19-13-14-25-29-24-12-8-7-11-23(24)20(2)17-27(29)32-30(25)28(19)26-18-22(15-16-31(26)3)21-9-5-4-6-10-21/h6-18H,1-5H3;2*5-18H,1-4H3;4-18H,1-3H3/q4*+1/i;2D3,3D3;;. The van der Waals surface area contributed by atoms with Crippen molar-refractivity contribution in [3.8, 4) is 89.5 Å². The third-order valence-electron chi connectivity index (χ3n) is 27.1. The van der Waals surface area contributed by atoms with Crippen molar-refractivity contribution in [3.05, 3.63) is 407 Å². The van der Waals surface area contributed by atoms with Crippen LogP contribution in [-0.2, 0) is 28.2 Å². The number of aryl methyl sites for hydroxylation is 16. The van der Waals surface area contributed by atoms with Gasteiger partial charge in [-0.25, -0.2) is 18.3 Å². The maximum Gasteiger partial charge on any atom is 0.216 e. The van der Waals surface area contributed by atoms with Gasteiger partial charge in [0.2, 0.25) is 22.8 Å². The number of pyridine rings is 4. The number of rotatable bonds is 8. The van der Waals surface area contributed by atoms with E-state index in [0.29, 0.717) is 22.1 Å². The van der Waals surface area contributed by atoms with Gasteiger partial charge in [-0.05, 0) is 245 Å². The molecule has 0 atom stereocenters. The number of nitrogens with zero attached hydrogens (tertiary/aromatic N) is 4. The molecule has 0 saturated carbocycles. The van der Waals surface area contributed by atoms with Crippen molar-refractivity contribution in [2.24, 2.45) is 28.2 Å². The van der Waals surface area contributed by atoms with E-state index in [4.69, 9.17) is 25.9 Å². The van der Waals surface area contributed by atoms with Crippen LogP contribution in [0.25, 0.3) is 220 Å². The van der Waals surface area contributed by atoms with Crippen LogP contribution in [0.15, 0.2) is 358 Å². The minimum Gasteiger partial charge on any atom is -0.455 e. The highest BCUT2D eigenvalue weighted by Gasteiger charge is 2.31. The Bertz CT molecular complexity index is 9080. The van der Waals surface area contributed by atoms with Crippen LogP contribution in [0, 0.1) is 82.9 Å². The topological polar surface area (TPSA) is 68.1 Å². The normalized spacial score (nSPS) is 12.5. The fourth-order valence-electron chi connectivity index (χ4n) is 20.7. The van der Waals surface area contributed by atoms with Crippen LogP contribution < -0.4 is 18.3 Å². The molecular formula is C124H104N4O4+4. The molecule has 8 heterocycles. The monoisotopic (exact) mass is 1720 g/mol. The summed E-state index contributed by atoms with van der Waals surface area (Å²) in [6, 6.07) is 109. The molecule has 16 aromatic carbocycles. The molecule has 0 saturated heterocycles. The van der Waals surface area contributed by atoms with Crippen molar-refractivity contribution >= 4 is 131 Å². The Labute approximate surface area is 777 Å². The highest BCUT2D eigenvalue weighted by molar-refractivity contribution is 6.26. The van der Waals surface area contributed by atoms with Gasteiger partial charge in [0, 0.05) is 98.3 Å². The smallest absolute Gasteiger partial charge is 0.216 e. The molecule has 0 spiro atoms. The largest absolute Gasteiger partial charge is 0.455 e. The van der Waals surface area contributed by atoms with Crippen LogP contribution in [0.5, 0.6) is 0 Å². The fourth-order valence-corrected chi connectivity index (χ4v) is 20.7. The van der Waals surface area contributed by atoms with Gasteiger partial charge < -0.3 is 17.7 Å². The van der Waals surface area contributed by atoms with E-state index in [-0.39, 0.29) is 11.1 Å². The molecule has 640 valence electrons. The zero-order valence-corrected chi connectivity index (χ0v) is 76.8. The Hall–Kier alpha value is -15.6. The molecule has 8 heteroatoms. The average Bonchev–Trinajstić information content (AvgIpc) is 1.56. The van der Waals surface area contributed by atoms with Crippen molar-refractivity contribution in [2.45, 2.75) is 82.9 Å². The molecule has 0 unspecified atom stereocenters. The maximum atomic E-state index is 8.36. The molecule has 8 aromatic heterocycles.